The van der Waals surface area contributed by atoms with Crippen LogP contribution in [0.3, 0.4) is 0 Å². The van der Waals surface area contributed by atoms with Crippen molar-refractivity contribution in [3.05, 3.63) is 46.5 Å². The standard InChI is InChI=1S/C20H21NO5/c1-23-18-8-13-5-6-21-10-15-12(3-4-17-20(15)26-11-25-17)7-16(22)14(13)9-19(18)24-2/h3-4,8-9,21H,5-7,10-11H2,1-2H3. The minimum Gasteiger partial charge on any atom is -0.493 e. The van der Waals surface area contributed by atoms with Crippen LogP contribution in [-0.4, -0.2) is 33.3 Å². The highest BCUT2D eigenvalue weighted by atomic mass is 16.7. The molecule has 0 amide bonds. The number of benzene rings is 2. The Kier molecular flexibility index (Phi) is 4.42. The van der Waals surface area contributed by atoms with Gasteiger partial charge in [0, 0.05) is 24.1 Å². The smallest absolute Gasteiger partial charge is 0.231 e. The molecule has 0 atom stereocenters. The van der Waals surface area contributed by atoms with Crippen LogP contribution in [0.15, 0.2) is 24.3 Å². The molecule has 0 spiro atoms. The van der Waals surface area contributed by atoms with E-state index in [2.05, 4.69) is 5.32 Å². The number of methoxy groups -OCH3 is 2. The Labute approximate surface area is 152 Å². The second kappa shape index (κ2) is 6.88. The lowest BCUT2D eigenvalue weighted by Gasteiger charge is -2.18. The third kappa shape index (κ3) is 2.86. The number of nitrogens with one attached hydrogen (secondary N) is 1. The van der Waals surface area contributed by atoms with Gasteiger partial charge in [-0.2, -0.15) is 0 Å². The third-order valence-electron chi connectivity index (χ3n) is 4.87. The number of rotatable bonds is 2. The van der Waals surface area contributed by atoms with E-state index >= 15 is 0 Å². The van der Waals surface area contributed by atoms with Gasteiger partial charge in [-0.05, 0) is 42.3 Å². The van der Waals surface area contributed by atoms with Gasteiger partial charge in [-0.15, -0.1) is 0 Å². The van der Waals surface area contributed by atoms with Gasteiger partial charge < -0.3 is 24.3 Å². The van der Waals surface area contributed by atoms with Crippen LogP contribution >= 0.6 is 0 Å². The van der Waals surface area contributed by atoms with E-state index in [1.807, 2.05) is 18.2 Å². The minimum atomic E-state index is 0.0583. The van der Waals surface area contributed by atoms with Crippen LogP contribution in [0.25, 0.3) is 0 Å². The molecule has 0 aromatic heterocycles. The zero-order valence-electron chi connectivity index (χ0n) is 14.9. The number of Topliss-reactive ketones (excluding diaryl/α,β-unsaturated/α-hetero) is 1. The average Bonchev–Trinajstić information content (AvgIpc) is 3.14. The molecule has 0 saturated carbocycles. The first-order valence-corrected chi connectivity index (χ1v) is 8.60. The van der Waals surface area contributed by atoms with Crippen LogP contribution in [0.1, 0.15) is 27.0 Å². The molecule has 136 valence electrons. The summed E-state index contributed by atoms with van der Waals surface area (Å²) in [6, 6.07) is 7.50. The van der Waals surface area contributed by atoms with E-state index in [9.17, 15) is 4.79 Å². The molecule has 0 aliphatic carbocycles. The highest BCUT2D eigenvalue weighted by Crippen LogP contribution is 2.38. The number of carbonyl (C=O) groups excluding carboxylic acids is 1. The maximum absolute atomic E-state index is 13.1. The topological polar surface area (TPSA) is 66.0 Å². The van der Waals surface area contributed by atoms with Gasteiger partial charge in [-0.3, -0.25) is 4.79 Å². The molecule has 0 bridgehead atoms. The molecular weight excluding hydrogens is 334 g/mol. The van der Waals surface area contributed by atoms with Gasteiger partial charge in [0.25, 0.3) is 0 Å². The van der Waals surface area contributed by atoms with Crippen LogP contribution in [0.5, 0.6) is 23.0 Å². The fourth-order valence-corrected chi connectivity index (χ4v) is 3.52. The Balaban J connectivity index is 1.77. The number of ether oxygens (including phenoxy) is 4. The third-order valence-corrected chi connectivity index (χ3v) is 4.87. The molecule has 0 fully saturated rings. The molecular formula is C20H21NO5. The van der Waals surface area contributed by atoms with Crippen LogP contribution < -0.4 is 24.3 Å². The zero-order chi connectivity index (χ0) is 18.1. The molecule has 26 heavy (non-hydrogen) atoms. The SMILES string of the molecule is COc1cc2c(cc1OC)C(=O)Cc1ccc3c(c1CNCC2)OCO3. The first-order chi connectivity index (χ1) is 12.7. The fraction of sp³-hybridized carbons (Fsp3) is 0.350. The number of hydrogen-bond acceptors (Lipinski definition) is 6. The summed E-state index contributed by atoms with van der Waals surface area (Å²) < 4.78 is 21.9. The fourth-order valence-electron chi connectivity index (χ4n) is 3.52. The first-order valence-electron chi connectivity index (χ1n) is 8.60. The Morgan fingerprint density at radius 1 is 1.04 bits per heavy atom. The van der Waals surface area contributed by atoms with Gasteiger partial charge in [0.15, 0.2) is 28.8 Å². The van der Waals surface area contributed by atoms with Crippen molar-refractivity contribution in [3.63, 3.8) is 0 Å². The van der Waals surface area contributed by atoms with E-state index in [1.165, 1.54) is 0 Å². The number of ketones is 1. The molecule has 2 aliphatic heterocycles. The predicted octanol–water partition coefficient (Wildman–Crippen LogP) is 2.50. The van der Waals surface area contributed by atoms with Crippen LogP contribution in [0.2, 0.25) is 0 Å². The summed E-state index contributed by atoms with van der Waals surface area (Å²) in [6.45, 7) is 1.59. The zero-order valence-corrected chi connectivity index (χ0v) is 14.9. The van der Waals surface area contributed by atoms with Gasteiger partial charge in [0.05, 0.1) is 14.2 Å². The number of carbonyl (C=O) groups is 1. The second-order valence-electron chi connectivity index (χ2n) is 6.33. The van der Waals surface area contributed by atoms with Crippen LogP contribution in [0.4, 0.5) is 0 Å². The van der Waals surface area contributed by atoms with Gasteiger partial charge >= 0.3 is 0 Å². The highest BCUT2D eigenvalue weighted by Gasteiger charge is 2.24. The molecule has 4 rings (SSSR count). The van der Waals surface area contributed by atoms with E-state index in [0.717, 1.165) is 41.2 Å². The summed E-state index contributed by atoms with van der Waals surface area (Å²) in [5, 5.41) is 3.44. The van der Waals surface area contributed by atoms with Crippen molar-refractivity contribution in [2.24, 2.45) is 0 Å². The lowest BCUT2D eigenvalue weighted by molar-refractivity contribution is 0.0991. The molecule has 2 heterocycles. The maximum atomic E-state index is 13.1. The van der Waals surface area contributed by atoms with E-state index in [1.54, 1.807) is 20.3 Å². The van der Waals surface area contributed by atoms with Crippen molar-refractivity contribution < 1.29 is 23.7 Å². The summed E-state index contributed by atoms with van der Waals surface area (Å²) in [7, 11) is 3.18. The molecule has 0 saturated heterocycles. The monoisotopic (exact) mass is 355 g/mol. The van der Waals surface area contributed by atoms with E-state index in [-0.39, 0.29) is 12.6 Å². The lowest BCUT2D eigenvalue weighted by Crippen LogP contribution is -2.22. The predicted molar refractivity (Wildman–Crippen MR) is 95.6 cm³/mol. The highest BCUT2D eigenvalue weighted by molar-refractivity contribution is 6.00. The number of hydrogen-bond donors (Lipinski definition) is 1. The van der Waals surface area contributed by atoms with Crippen molar-refractivity contribution in [1.29, 1.82) is 0 Å². The minimum absolute atomic E-state index is 0.0583. The van der Waals surface area contributed by atoms with Gasteiger partial charge in [0.2, 0.25) is 6.79 Å². The summed E-state index contributed by atoms with van der Waals surface area (Å²) in [5.41, 5.74) is 3.59. The molecule has 6 heteroatoms. The van der Waals surface area contributed by atoms with Crippen LogP contribution in [0, 0.1) is 0 Å². The van der Waals surface area contributed by atoms with Crippen molar-refractivity contribution in [2.45, 2.75) is 19.4 Å². The lowest BCUT2D eigenvalue weighted by atomic mass is 9.92. The summed E-state index contributed by atoms with van der Waals surface area (Å²) in [6.07, 6.45) is 1.03. The Bertz CT molecular complexity index is 862. The largest absolute Gasteiger partial charge is 0.493 e. The quantitative estimate of drug-likeness (QED) is 0.893. The van der Waals surface area contributed by atoms with E-state index in [4.69, 9.17) is 18.9 Å². The van der Waals surface area contributed by atoms with Crippen LogP contribution in [-0.2, 0) is 19.4 Å². The summed E-state index contributed by atoms with van der Waals surface area (Å²) >= 11 is 0. The second-order valence-corrected chi connectivity index (χ2v) is 6.33. The molecule has 2 aromatic rings. The molecule has 6 nitrogen and oxygen atoms in total. The first kappa shape index (κ1) is 16.7. The molecule has 2 aromatic carbocycles. The van der Waals surface area contributed by atoms with Crippen molar-refractivity contribution >= 4 is 5.78 Å². The normalized spacial score (nSPS) is 15.8. The van der Waals surface area contributed by atoms with E-state index in [0.29, 0.717) is 30.0 Å². The summed E-state index contributed by atoms with van der Waals surface area (Å²) in [4.78, 5) is 13.1. The van der Waals surface area contributed by atoms with Gasteiger partial charge in [-0.1, -0.05) is 6.07 Å². The van der Waals surface area contributed by atoms with Gasteiger partial charge in [-0.25, -0.2) is 0 Å². The van der Waals surface area contributed by atoms with E-state index < -0.39 is 0 Å². The average molecular weight is 355 g/mol. The Morgan fingerprint density at radius 3 is 2.65 bits per heavy atom. The molecule has 0 radical (unpaired) electrons. The Hall–Kier alpha value is -2.73. The summed E-state index contributed by atoms with van der Waals surface area (Å²) in [5.74, 6) is 2.75. The Morgan fingerprint density at radius 2 is 1.85 bits per heavy atom. The van der Waals surface area contributed by atoms with Gasteiger partial charge in [0.1, 0.15) is 0 Å². The molecule has 2 aliphatic rings. The molecule has 0 unspecified atom stereocenters. The van der Waals surface area contributed by atoms with Crippen molar-refractivity contribution in [2.75, 3.05) is 27.6 Å². The molecule has 1 N–H and O–H groups in total. The van der Waals surface area contributed by atoms with Crippen molar-refractivity contribution in [3.8, 4) is 23.0 Å². The number of fused-ring (bicyclic) bond motifs is 4. The van der Waals surface area contributed by atoms with Crippen molar-refractivity contribution in [1.82, 2.24) is 5.32 Å². The maximum Gasteiger partial charge on any atom is 0.231 e.